The van der Waals surface area contributed by atoms with Crippen molar-refractivity contribution in [1.29, 1.82) is 0 Å². The summed E-state index contributed by atoms with van der Waals surface area (Å²) in [4.78, 5) is 0. The van der Waals surface area contributed by atoms with Gasteiger partial charge in [0.1, 0.15) is 5.75 Å². The van der Waals surface area contributed by atoms with Crippen LogP contribution in [-0.2, 0) is 6.18 Å². The van der Waals surface area contributed by atoms with E-state index in [1.54, 1.807) is 7.11 Å². The van der Waals surface area contributed by atoms with E-state index in [0.29, 0.717) is 17.9 Å². The number of hydrogen-bond donors (Lipinski definition) is 1. The number of fused-ring (bicyclic) bond motifs is 3. The van der Waals surface area contributed by atoms with Crippen molar-refractivity contribution < 1.29 is 17.9 Å². The molecule has 7 heteroatoms. The summed E-state index contributed by atoms with van der Waals surface area (Å²) in [6.07, 6.45) is 0.0664. The smallest absolute Gasteiger partial charge is 0.416 e. The number of rotatable bonds is 2. The summed E-state index contributed by atoms with van der Waals surface area (Å²) in [7, 11) is 1.59. The minimum atomic E-state index is -4.43. The monoisotopic (exact) mass is 457 g/mol. The molecule has 1 heterocycles. The molecular weight excluding hydrogens is 443 g/mol. The lowest BCUT2D eigenvalue weighted by molar-refractivity contribution is -0.138. The second-order valence-electron chi connectivity index (χ2n) is 6.74. The fourth-order valence-corrected chi connectivity index (χ4v) is 4.78. The van der Waals surface area contributed by atoms with Gasteiger partial charge in [0, 0.05) is 16.0 Å². The Bertz CT molecular complexity index is 928. The van der Waals surface area contributed by atoms with Crippen LogP contribution in [0.1, 0.15) is 35.1 Å². The number of hydrogen-bond acceptors (Lipinski definition) is 2. The second kappa shape index (κ2) is 6.74. The van der Waals surface area contributed by atoms with Crippen LogP contribution in [-0.4, -0.2) is 7.11 Å². The Morgan fingerprint density at radius 1 is 1.22 bits per heavy atom. The Morgan fingerprint density at radius 2 is 2.00 bits per heavy atom. The third-order valence-corrected chi connectivity index (χ3v) is 6.11. The summed E-state index contributed by atoms with van der Waals surface area (Å²) in [6.45, 7) is 0. The Balaban J connectivity index is 1.90. The van der Waals surface area contributed by atoms with Crippen LogP contribution in [0.4, 0.5) is 18.9 Å². The number of ether oxygens (including phenoxy) is 1. The highest BCUT2D eigenvalue weighted by atomic mass is 79.9. The molecule has 27 heavy (non-hydrogen) atoms. The summed E-state index contributed by atoms with van der Waals surface area (Å²) in [6, 6.07) is 7.83. The molecule has 4 rings (SSSR count). The average Bonchev–Trinajstić information content (AvgIpc) is 3.10. The largest absolute Gasteiger partial charge is 0.496 e. The number of benzene rings is 2. The lowest BCUT2D eigenvalue weighted by atomic mass is 9.75. The molecule has 0 aromatic heterocycles. The number of alkyl halides is 3. The standard InChI is InChI=1S/C20H16BrClF3NO/c1-27-16-8-5-10(21)9-13(16)18-12-4-2-3-11(12)17-14(20(23,24)25)6-7-15(22)19(17)26-18/h2-3,5-9,11-12,18,26H,4H2,1H3/t11-,12-,18+/m0/s1. The summed E-state index contributed by atoms with van der Waals surface area (Å²) >= 11 is 9.79. The lowest BCUT2D eigenvalue weighted by Gasteiger charge is -2.39. The van der Waals surface area contributed by atoms with Crippen molar-refractivity contribution in [3.8, 4) is 5.75 Å². The van der Waals surface area contributed by atoms with Crippen molar-refractivity contribution in [3.05, 3.63) is 68.7 Å². The summed E-state index contributed by atoms with van der Waals surface area (Å²) in [5, 5.41) is 3.58. The minimum Gasteiger partial charge on any atom is -0.496 e. The normalized spacial score (nSPS) is 23.6. The van der Waals surface area contributed by atoms with Gasteiger partial charge in [-0.1, -0.05) is 39.7 Å². The highest BCUT2D eigenvalue weighted by molar-refractivity contribution is 9.10. The zero-order valence-corrected chi connectivity index (χ0v) is 16.6. The molecule has 0 radical (unpaired) electrons. The van der Waals surface area contributed by atoms with E-state index in [2.05, 4.69) is 21.2 Å². The highest BCUT2D eigenvalue weighted by Gasteiger charge is 2.45. The molecule has 0 saturated heterocycles. The van der Waals surface area contributed by atoms with Crippen LogP contribution < -0.4 is 10.1 Å². The van der Waals surface area contributed by atoms with Crippen molar-refractivity contribution in [2.45, 2.75) is 24.6 Å². The van der Waals surface area contributed by atoms with Crippen molar-refractivity contribution >= 4 is 33.2 Å². The third-order valence-electron chi connectivity index (χ3n) is 5.30. The molecule has 0 saturated carbocycles. The molecule has 0 unspecified atom stereocenters. The maximum atomic E-state index is 13.6. The van der Waals surface area contributed by atoms with Crippen molar-refractivity contribution in [2.24, 2.45) is 5.92 Å². The zero-order valence-electron chi connectivity index (χ0n) is 14.3. The minimum absolute atomic E-state index is 0.0553. The molecule has 2 aromatic rings. The van der Waals surface area contributed by atoms with Crippen LogP contribution >= 0.6 is 27.5 Å². The highest BCUT2D eigenvalue weighted by Crippen LogP contribution is 2.55. The van der Waals surface area contributed by atoms with Gasteiger partial charge in [0.15, 0.2) is 0 Å². The predicted octanol–water partition coefficient (Wildman–Crippen LogP) is 6.96. The lowest BCUT2D eigenvalue weighted by Crippen LogP contribution is -2.31. The van der Waals surface area contributed by atoms with Gasteiger partial charge in [-0.05, 0) is 48.2 Å². The van der Waals surface area contributed by atoms with Crippen LogP contribution in [0.25, 0.3) is 0 Å². The molecule has 1 aliphatic heterocycles. The van der Waals surface area contributed by atoms with Gasteiger partial charge in [-0.2, -0.15) is 13.2 Å². The van der Waals surface area contributed by atoms with E-state index < -0.39 is 11.7 Å². The van der Waals surface area contributed by atoms with Crippen LogP contribution in [0.2, 0.25) is 5.02 Å². The first-order chi connectivity index (χ1) is 12.8. The molecule has 3 atom stereocenters. The van der Waals surface area contributed by atoms with Gasteiger partial charge in [-0.3, -0.25) is 0 Å². The second-order valence-corrected chi connectivity index (χ2v) is 8.07. The summed E-state index contributed by atoms with van der Waals surface area (Å²) in [5.41, 5.74) is 0.852. The van der Waals surface area contributed by atoms with Crippen LogP contribution in [0.5, 0.6) is 5.75 Å². The molecule has 1 aliphatic carbocycles. The molecular formula is C20H16BrClF3NO. The van der Waals surface area contributed by atoms with Crippen molar-refractivity contribution in [3.63, 3.8) is 0 Å². The van der Waals surface area contributed by atoms with Gasteiger partial charge >= 0.3 is 6.18 Å². The van der Waals surface area contributed by atoms with Gasteiger partial charge < -0.3 is 10.1 Å². The predicted molar refractivity (Wildman–Crippen MR) is 103 cm³/mol. The topological polar surface area (TPSA) is 21.3 Å². The average molecular weight is 459 g/mol. The first kappa shape index (κ1) is 18.7. The summed E-state index contributed by atoms with van der Waals surface area (Å²) in [5.74, 6) is 0.276. The molecule has 1 N–H and O–H groups in total. The van der Waals surface area contributed by atoms with Crippen LogP contribution in [0.15, 0.2) is 47.0 Å². The number of nitrogens with one attached hydrogen (secondary N) is 1. The Kier molecular flexibility index (Phi) is 4.67. The van der Waals surface area contributed by atoms with E-state index in [4.69, 9.17) is 16.3 Å². The van der Waals surface area contributed by atoms with E-state index in [0.717, 1.165) is 16.1 Å². The number of methoxy groups -OCH3 is 1. The van der Waals surface area contributed by atoms with Gasteiger partial charge in [0.05, 0.1) is 29.4 Å². The van der Waals surface area contributed by atoms with Gasteiger partial charge in [-0.15, -0.1) is 0 Å². The summed E-state index contributed by atoms with van der Waals surface area (Å²) < 4.78 is 47.3. The number of halogens is 5. The Morgan fingerprint density at radius 3 is 2.70 bits per heavy atom. The molecule has 0 bridgehead atoms. The van der Waals surface area contributed by atoms with E-state index in [1.807, 2.05) is 30.4 Å². The van der Waals surface area contributed by atoms with Crippen molar-refractivity contribution in [1.82, 2.24) is 0 Å². The molecule has 0 amide bonds. The molecule has 2 aromatic carbocycles. The van der Waals surface area contributed by atoms with Crippen molar-refractivity contribution in [2.75, 3.05) is 12.4 Å². The molecule has 2 nitrogen and oxygen atoms in total. The maximum Gasteiger partial charge on any atom is 0.416 e. The first-order valence-corrected chi connectivity index (χ1v) is 9.64. The van der Waals surface area contributed by atoms with E-state index in [1.165, 1.54) is 6.07 Å². The SMILES string of the molecule is COc1ccc(Br)cc1[C@@H]1Nc2c(Cl)ccc(C(F)(F)F)c2[C@H]2C=CC[C@@H]21. The number of anilines is 1. The fraction of sp³-hybridized carbons (Fsp3) is 0.300. The Labute approximate surface area is 168 Å². The quantitative estimate of drug-likeness (QED) is 0.491. The van der Waals surface area contributed by atoms with Gasteiger partial charge in [-0.25, -0.2) is 0 Å². The van der Waals surface area contributed by atoms with Gasteiger partial charge in [0.2, 0.25) is 0 Å². The van der Waals surface area contributed by atoms with Crippen LogP contribution in [0, 0.1) is 5.92 Å². The van der Waals surface area contributed by atoms with Gasteiger partial charge in [0.25, 0.3) is 0 Å². The Hall–Kier alpha value is -1.66. The molecule has 2 aliphatic rings. The van der Waals surface area contributed by atoms with E-state index in [-0.39, 0.29) is 28.5 Å². The van der Waals surface area contributed by atoms with E-state index >= 15 is 0 Å². The molecule has 142 valence electrons. The first-order valence-electron chi connectivity index (χ1n) is 8.47. The fourth-order valence-electron chi connectivity index (χ4n) is 4.18. The van der Waals surface area contributed by atoms with Crippen LogP contribution in [0.3, 0.4) is 0 Å². The maximum absolute atomic E-state index is 13.6. The zero-order chi connectivity index (χ0) is 19.3. The molecule has 0 spiro atoms. The van der Waals surface area contributed by atoms with E-state index in [9.17, 15) is 13.2 Å². The molecule has 0 fully saturated rings. The third kappa shape index (κ3) is 3.13. The number of allylic oxidation sites excluding steroid dienone is 2.